The maximum atomic E-state index is 11.3. The number of carbonyl (C=O) groups excluding carboxylic acids is 1. The molecule has 0 fully saturated rings. The average molecular weight is 322 g/mol. The van der Waals surface area contributed by atoms with E-state index in [9.17, 15) is 4.79 Å². The predicted octanol–water partition coefficient (Wildman–Crippen LogP) is 4.83. The zero-order valence-corrected chi connectivity index (χ0v) is 13.6. The third-order valence-corrected chi connectivity index (χ3v) is 4.49. The number of ether oxygens (including phenoxy) is 1. The average Bonchev–Trinajstić information content (AvgIpc) is 2.44. The summed E-state index contributed by atoms with van der Waals surface area (Å²) in [7, 11) is 1.53. The number of aryl methyl sites for hydroxylation is 2. The number of amides is 1. The van der Waals surface area contributed by atoms with Crippen LogP contribution in [0.15, 0.2) is 46.2 Å². The number of benzene rings is 2. The molecule has 0 unspecified atom stereocenters. The molecule has 0 atom stereocenters. The lowest BCUT2D eigenvalue weighted by Crippen LogP contribution is -2.22. The lowest BCUT2D eigenvalue weighted by atomic mass is 10.1. The summed E-state index contributed by atoms with van der Waals surface area (Å²) >= 11 is 7.56. The van der Waals surface area contributed by atoms with E-state index in [-0.39, 0.29) is 0 Å². The molecule has 0 saturated carbocycles. The topological polar surface area (TPSA) is 38.3 Å². The van der Waals surface area contributed by atoms with Crippen LogP contribution in [-0.4, -0.2) is 13.1 Å². The van der Waals surface area contributed by atoms with Gasteiger partial charge >= 0.3 is 6.09 Å². The van der Waals surface area contributed by atoms with E-state index in [1.807, 2.05) is 50.2 Å². The minimum Gasteiger partial charge on any atom is -0.410 e. The molecule has 1 N–H and O–H groups in total. The summed E-state index contributed by atoms with van der Waals surface area (Å²) in [6.45, 7) is 4.00. The number of carbonyl (C=O) groups is 1. The number of nitrogens with one attached hydrogen (secondary N) is 1. The van der Waals surface area contributed by atoms with Crippen LogP contribution in [0, 0.1) is 13.8 Å². The molecule has 3 nitrogen and oxygen atoms in total. The van der Waals surface area contributed by atoms with E-state index >= 15 is 0 Å². The van der Waals surface area contributed by atoms with Gasteiger partial charge in [0.1, 0.15) is 5.75 Å². The summed E-state index contributed by atoms with van der Waals surface area (Å²) < 4.78 is 5.17. The number of hydrogen-bond donors (Lipinski definition) is 1. The zero-order valence-electron chi connectivity index (χ0n) is 12.1. The second-order valence-corrected chi connectivity index (χ2v) is 6.10. The lowest BCUT2D eigenvalue weighted by molar-refractivity contribution is 0.203. The Hall–Kier alpha value is -1.65. The maximum absolute atomic E-state index is 11.3. The van der Waals surface area contributed by atoms with Gasteiger partial charge in [-0.25, -0.2) is 4.79 Å². The Morgan fingerprint density at radius 3 is 2.24 bits per heavy atom. The number of halogens is 1. The Labute approximate surface area is 133 Å². The highest BCUT2D eigenvalue weighted by Crippen LogP contribution is 2.35. The van der Waals surface area contributed by atoms with Crippen LogP contribution >= 0.6 is 23.4 Å². The Morgan fingerprint density at radius 2 is 1.71 bits per heavy atom. The van der Waals surface area contributed by atoms with Crippen molar-refractivity contribution in [3.8, 4) is 5.75 Å². The highest BCUT2D eigenvalue weighted by molar-refractivity contribution is 7.99. The van der Waals surface area contributed by atoms with E-state index in [0.717, 1.165) is 25.9 Å². The molecule has 0 aromatic heterocycles. The molecule has 0 aliphatic heterocycles. The van der Waals surface area contributed by atoms with Crippen LogP contribution in [0.1, 0.15) is 11.1 Å². The van der Waals surface area contributed by atoms with Crippen molar-refractivity contribution in [3.05, 3.63) is 52.5 Å². The van der Waals surface area contributed by atoms with E-state index < -0.39 is 6.09 Å². The molecule has 0 spiro atoms. The van der Waals surface area contributed by atoms with Crippen molar-refractivity contribution >= 4 is 29.5 Å². The molecule has 0 radical (unpaired) electrons. The highest BCUT2D eigenvalue weighted by atomic mass is 35.5. The molecule has 0 aliphatic carbocycles. The molecule has 2 aromatic carbocycles. The molecular formula is C16H16ClNO2S. The maximum Gasteiger partial charge on any atom is 0.412 e. The molecule has 0 heterocycles. The van der Waals surface area contributed by atoms with Gasteiger partial charge in [0.25, 0.3) is 0 Å². The van der Waals surface area contributed by atoms with E-state index in [0.29, 0.717) is 5.75 Å². The van der Waals surface area contributed by atoms with Crippen molar-refractivity contribution in [1.29, 1.82) is 0 Å². The fourth-order valence-electron chi connectivity index (χ4n) is 1.91. The van der Waals surface area contributed by atoms with Gasteiger partial charge in [0.2, 0.25) is 0 Å². The van der Waals surface area contributed by atoms with Gasteiger partial charge in [-0.3, -0.25) is 0 Å². The van der Waals surface area contributed by atoms with Crippen LogP contribution in [0.2, 0.25) is 5.02 Å². The van der Waals surface area contributed by atoms with Crippen LogP contribution in [0.4, 0.5) is 4.79 Å². The first-order chi connectivity index (χ1) is 9.99. The van der Waals surface area contributed by atoms with Crippen molar-refractivity contribution in [2.75, 3.05) is 7.05 Å². The fourth-order valence-corrected chi connectivity index (χ4v) is 2.98. The first kappa shape index (κ1) is 15.7. The van der Waals surface area contributed by atoms with Gasteiger partial charge in [-0.2, -0.15) is 0 Å². The monoisotopic (exact) mass is 321 g/mol. The van der Waals surface area contributed by atoms with Gasteiger partial charge in [0, 0.05) is 21.9 Å². The van der Waals surface area contributed by atoms with E-state index in [1.54, 1.807) is 11.8 Å². The van der Waals surface area contributed by atoms with Crippen LogP contribution < -0.4 is 10.1 Å². The standard InChI is InChI=1S/C16H16ClNO2S/c1-10-8-13(20-16(19)18-3)9-11(2)15(10)21-14-6-4-12(17)5-7-14/h4-9H,1-3H3,(H,18,19). The molecule has 0 bridgehead atoms. The van der Waals surface area contributed by atoms with Gasteiger partial charge in [-0.1, -0.05) is 23.4 Å². The highest BCUT2D eigenvalue weighted by Gasteiger charge is 2.10. The van der Waals surface area contributed by atoms with Crippen LogP contribution in [-0.2, 0) is 0 Å². The number of rotatable bonds is 3. The summed E-state index contributed by atoms with van der Waals surface area (Å²) in [6, 6.07) is 11.4. The SMILES string of the molecule is CNC(=O)Oc1cc(C)c(Sc2ccc(Cl)cc2)c(C)c1. The predicted molar refractivity (Wildman–Crippen MR) is 86.6 cm³/mol. The Kier molecular flexibility index (Phi) is 5.15. The summed E-state index contributed by atoms with van der Waals surface area (Å²) in [5, 5.41) is 3.16. The van der Waals surface area contributed by atoms with Crippen molar-refractivity contribution in [2.24, 2.45) is 0 Å². The van der Waals surface area contributed by atoms with Crippen LogP contribution in [0.25, 0.3) is 0 Å². The van der Waals surface area contributed by atoms with Crippen molar-refractivity contribution in [3.63, 3.8) is 0 Å². The largest absolute Gasteiger partial charge is 0.412 e. The summed E-state index contributed by atoms with van der Waals surface area (Å²) in [5.41, 5.74) is 2.13. The summed E-state index contributed by atoms with van der Waals surface area (Å²) in [6.07, 6.45) is -0.466. The third kappa shape index (κ3) is 4.16. The Bertz CT molecular complexity index is 633. The molecule has 0 aliphatic rings. The minimum absolute atomic E-state index is 0.466. The van der Waals surface area contributed by atoms with Gasteiger partial charge in [0.15, 0.2) is 0 Å². The fraction of sp³-hybridized carbons (Fsp3) is 0.188. The molecule has 110 valence electrons. The molecule has 21 heavy (non-hydrogen) atoms. The number of hydrogen-bond acceptors (Lipinski definition) is 3. The zero-order chi connectivity index (χ0) is 15.4. The quantitative estimate of drug-likeness (QED) is 0.880. The third-order valence-electron chi connectivity index (χ3n) is 2.88. The Morgan fingerprint density at radius 1 is 1.14 bits per heavy atom. The van der Waals surface area contributed by atoms with Gasteiger partial charge in [-0.05, 0) is 61.4 Å². The second-order valence-electron chi connectivity index (χ2n) is 4.58. The normalized spacial score (nSPS) is 10.3. The minimum atomic E-state index is -0.466. The van der Waals surface area contributed by atoms with Gasteiger partial charge in [-0.15, -0.1) is 0 Å². The molecular weight excluding hydrogens is 306 g/mol. The Balaban J connectivity index is 2.24. The van der Waals surface area contributed by atoms with Crippen molar-refractivity contribution in [2.45, 2.75) is 23.6 Å². The first-order valence-electron chi connectivity index (χ1n) is 6.44. The van der Waals surface area contributed by atoms with Gasteiger partial charge in [0.05, 0.1) is 0 Å². The molecule has 5 heteroatoms. The van der Waals surface area contributed by atoms with Gasteiger partial charge < -0.3 is 10.1 Å². The van der Waals surface area contributed by atoms with E-state index in [4.69, 9.17) is 16.3 Å². The second kappa shape index (κ2) is 6.87. The molecule has 1 amide bonds. The molecule has 0 saturated heterocycles. The lowest BCUT2D eigenvalue weighted by Gasteiger charge is -2.12. The van der Waals surface area contributed by atoms with Crippen LogP contribution in [0.3, 0.4) is 0 Å². The summed E-state index contributed by atoms with van der Waals surface area (Å²) in [5.74, 6) is 0.546. The van der Waals surface area contributed by atoms with Crippen molar-refractivity contribution in [1.82, 2.24) is 5.32 Å². The van der Waals surface area contributed by atoms with Crippen LogP contribution in [0.5, 0.6) is 5.75 Å². The molecule has 2 aromatic rings. The van der Waals surface area contributed by atoms with E-state index in [2.05, 4.69) is 5.32 Å². The first-order valence-corrected chi connectivity index (χ1v) is 7.63. The molecule has 2 rings (SSSR count). The van der Waals surface area contributed by atoms with E-state index in [1.165, 1.54) is 7.05 Å². The van der Waals surface area contributed by atoms with Crippen molar-refractivity contribution < 1.29 is 9.53 Å². The smallest absolute Gasteiger partial charge is 0.410 e. The summed E-state index contributed by atoms with van der Waals surface area (Å²) in [4.78, 5) is 13.5.